The van der Waals surface area contributed by atoms with Crippen molar-refractivity contribution >= 4 is 54.8 Å². The number of alkyl halides is 2. The van der Waals surface area contributed by atoms with Gasteiger partial charge in [-0.3, -0.25) is 9.59 Å². The van der Waals surface area contributed by atoms with Crippen LogP contribution in [0.3, 0.4) is 0 Å². The number of halogens is 2. The molecule has 16 heteroatoms. The lowest BCUT2D eigenvalue weighted by molar-refractivity contribution is -0.241. The van der Waals surface area contributed by atoms with E-state index in [-0.39, 0.29) is 62.6 Å². The third-order valence-corrected chi connectivity index (χ3v) is 13.1. The lowest BCUT2D eigenvalue weighted by Crippen LogP contribution is -2.80. The number of carbonyl (C=O) groups is 4. The number of rotatable bonds is 8. The summed E-state index contributed by atoms with van der Waals surface area (Å²) < 4.78 is 21.2. The molecular weight excluding hydrogens is 718 g/mol. The number of carbonyl (C=O) groups excluding carboxylic acids is 4. The third kappa shape index (κ3) is 6.68. The molecule has 2 amide bonds. The van der Waals surface area contributed by atoms with Crippen LogP contribution in [0.2, 0.25) is 0 Å². The lowest BCUT2D eigenvalue weighted by Gasteiger charge is -2.55. The number of aliphatic hydroxyl groups excluding tert-OH is 3. The highest BCUT2D eigenvalue weighted by Gasteiger charge is 2.81. The van der Waals surface area contributed by atoms with Gasteiger partial charge in [0.1, 0.15) is 7.85 Å². The van der Waals surface area contributed by atoms with Crippen LogP contribution in [0.25, 0.3) is 0 Å². The van der Waals surface area contributed by atoms with Gasteiger partial charge in [0.05, 0.1) is 42.4 Å². The van der Waals surface area contributed by atoms with Crippen LogP contribution in [0.5, 0.6) is 0 Å². The molecule has 2 radical (unpaired) electrons. The first-order chi connectivity index (χ1) is 23.7. The van der Waals surface area contributed by atoms with Gasteiger partial charge in [-0.1, -0.05) is 27.7 Å². The monoisotopic (exact) mass is 774 g/mol. The van der Waals surface area contributed by atoms with Crippen molar-refractivity contribution < 1.29 is 53.4 Å². The predicted octanol–water partition coefficient (Wildman–Crippen LogP) is 2.24. The van der Waals surface area contributed by atoms with Gasteiger partial charge in [-0.25, -0.2) is 9.59 Å². The molecule has 2 aliphatic carbocycles. The van der Waals surface area contributed by atoms with Crippen molar-refractivity contribution in [2.45, 2.75) is 158 Å². The van der Waals surface area contributed by atoms with Gasteiger partial charge in [0.25, 0.3) is 0 Å². The average molecular weight is 776 g/mol. The first-order valence-electron chi connectivity index (χ1n) is 18.0. The van der Waals surface area contributed by atoms with Gasteiger partial charge in [0.2, 0.25) is 22.9 Å². The van der Waals surface area contributed by atoms with Gasteiger partial charge in [-0.2, -0.15) is 0 Å². The number of aliphatic hydroxyl groups is 3. The maximum Gasteiger partial charge on any atom is 0.339 e. The van der Waals surface area contributed by atoms with Crippen LogP contribution in [0.15, 0.2) is 0 Å². The highest BCUT2D eigenvalue weighted by atomic mass is 35.5. The largest absolute Gasteiger partial charge is 0.453 e. The van der Waals surface area contributed by atoms with Crippen molar-refractivity contribution in [2.75, 3.05) is 18.4 Å². The normalized spacial score (nSPS) is 44.5. The van der Waals surface area contributed by atoms with Crippen LogP contribution in [0, 0.1) is 23.7 Å². The Labute approximate surface area is 318 Å². The van der Waals surface area contributed by atoms with E-state index in [0.29, 0.717) is 31.6 Å². The van der Waals surface area contributed by atoms with Crippen molar-refractivity contribution in [3.8, 4) is 0 Å². The number of fused-ring (bicyclic) bond motifs is 3. The van der Waals surface area contributed by atoms with Gasteiger partial charge >= 0.3 is 11.9 Å². The third-order valence-electron chi connectivity index (χ3n) is 12.7. The van der Waals surface area contributed by atoms with E-state index >= 15 is 0 Å². The number of epoxide rings is 1. The minimum Gasteiger partial charge on any atom is -0.453 e. The van der Waals surface area contributed by atoms with E-state index in [9.17, 15) is 34.5 Å². The summed E-state index contributed by atoms with van der Waals surface area (Å²) in [7, 11) is 5.31. The van der Waals surface area contributed by atoms with Crippen molar-refractivity contribution in [1.82, 2.24) is 10.6 Å². The maximum atomic E-state index is 12.3. The van der Waals surface area contributed by atoms with E-state index in [1.54, 1.807) is 13.8 Å². The molecule has 4 unspecified atom stereocenters. The number of nitrogens with one attached hydrogen (secondary N) is 2. The fourth-order valence-corrected chi connectivity index (χ4v) is 10.2. The fourth-order valence-electron chi connectivity index (χ4n) is 9.72. The second kappa shape index (κ2) is 16.2. The number of esters is 2. The van der Waals surface area contributed by atoms with Gasteiger partial charge in [-0.05, 0) is 77.6 Å². The van der Waals surface area contributed by atoms with Crippen molar-refractivity contribution in [3.05, 3.63) is 0 Å². The fraction of sp³-hybridized carbons (Fsp3) is 0.889. The molecule has 5 N–H and O–H groups in total. The Kier molecular flexibility index (Phi) is 13.4. The molecule has 294 valence electrons. The van der Waals surface area contributed by atoms with Gasteiger partial charge in [0, 0.05) is 30.3 Å². The van der Waals surface area contributed by atoms with Crippen LogP contribution in [-0.2, 0) is 38.1 Å². The predicted molar refractivity (Wildman–Crippen MR) is 193 cm³/mol. The molecule has 8 fully saturated rings. The van der Waals surface area contributed by atoms with Crippen LogP contribution in [-0.4, -0.2) is 124 Å². The number of ether oxygens (including phenoxy) is 4. The van der Waals surface area contributed by atoms with Gasteiger partial charge in [0.15, 0.2) is 11.2 Å². The van der Waals surface area contributed by atoms with E-state index in [1.807, 2.05) is 0 Å². The molecule has 6 aliphatic heterocycles. The zero-order valence-electron chi connectivity index (χ0n) is 28.6. The Morgan fingerprint density at radius 2 is 1.35 bits per heavy atom. The second-order valence-corrected chi connectivity index (χ2v) is 16.2. The molecule has 0 aromatic heterocycles. The van der Waals surface area contributed by atoms with Crippen LogP contribution >= 0.6 is 23.2 Å². The summed E-state index contributed by atoms with van der Waals surface area (Å²) in [4.78, 5) is 49.1. The molecule has 14 atom stereocenters. The molecule has 0 bridgehead atoms. The maximum absolute atomic E-state index is 12.3. The Morgan fingerprint density at radius 3 is 1.79 bits per heavy atom. The zero-order chi connectivity index (χ0) is 36.2. The van der Waals surface area contributed by atoms with Gasteiger partial charge < -0.3 is 44.9 Å². The SMILES string of the molecule is C.C.C[C@@]12OC(=O)[C@]1([C@@H](O)[C@H]1CCCC(O)C1)NC(=O)[C@@H]2CCCl.C[C@@]12OC(=O)[C@]1([C@@H](O)[C@H]1CCCC3OC31)NC(=O)[C@@H]2CCCl.[B]C1CCCO1. The first kappa shape index (κ1) is 43.1. The standard InChI is InChI=1S/C15H20ClNO5.C15H22ClNO5.C4H7BO.2CH4/c1-14-8(5-6-16)12(19)17-15(14,13(20)22-14)11(18)7-3-2-4-9-10(7)21-9;1-14-10(5-6-16)12(20)17-15(14,13(21)22-14)11(19)8-3-2-4-9(18)7-8;5-4-2-1-3-6-4;;/h7-11,18H,2-6H2,1H3,(H,17,19);8-11,18-19H,2-7H2,1H3,(H,17,20);4H,1-3H2;2*1H4/t7-,8-,9?,10?,11-,14-,15-;8-,9?,10-,11-,14-,15-;;;/m00.../s1. The Balaban J connectivity index is 0.000000194. The van der Waals surface area contributed by atoms with Crippen LogP contribution < -0.4 is 10.6 Å². The van der Waals surface area contributed by atoms with E-state index in [1.165, 1.54) is 0 Å². The Bertz CT molecular complexity index is 1340. The zero-order valence-corrected chi connectivity index (χ0v) is 30.1. The molecule has 2 saturated carbocycles. The molecule has 0 spiro atoms. The summed E-state index contributed by atoms with van der Waals surface area (Å²) in [6.45, 7) is 4.27. The van der Waals surface area contributed by atoms with E-state index < -0.39 is 64.4 Å². The topological polar surface area (TPSA) is 193 Å². The molecule has 8 aliphatic rings. The van der Waals surface area contributed by atoms with Crippen molar-refractivity contribution in [1.29, 1.82) is 0 Å². The molecule has 0 aromatic rings. The minimum atomic E-state index is -1.40. The molecule has 13 nitrogen and oxygen atoms in total. The highest BCUT2D eigenvalue weighted by Crippen LogP contribution is 2.56. The molecule has 52 heavy (non-hydrogen) atoms. The minimum absolute atomic E-state index is 0. The summed E-state index contributed by atoms with van der Waals surface area (Å²) in [5, 5.41) is 37.1. The molecule has 0 aromatic carbocycles. The number of hydrogen-bond acceptors (Lipinski definition) is 11. The summed E-state index contributed by atoms with van der Waals surface area (Å²) in [6, 6.07) is 0.0463. The molecular formula is C36H57BCl2N2O11. The van der Waals surface area contributed by atoms with Gasteiger partial charge in [-0.15, -0.1) is 23.2 Å². The summed E-state index contributed by atoms with van der Waals surface area (Å²) in [5.74, 6) is -2.56. The molecule has 6 heterocycles. The van der Waals surface area contributed by atoms with E-state index in [4.69, 9.17) is 50.0 Å². The van der Waals surface area contributed by atoms with Crippen LogP contribution in [0.1, 0.15) is 99.3 Å². The Hall–Kier alpha value is -1.68. The highest BCUT2D eigenvalue weighted by molar-refractivity contribution is 6.18. The first-order valence-corrected chi connectivity index (χ1v) is 19.1. The number of amides is 2. The summed E-state index contributed by atoms with van der Waals surface area (Å²) in [6.07, 6.45) is 6.09. The molecule has 6 saturated heterocycles. The Morgan fingerprint density at radius 1 is 0.808 bits per heavy atom. The average Bonchev–Trinajstić information content (AvgIpc) is 3.64. The smallest absolute Gasteiger partial charge is 0.339 e. The van der Waals surface area contributed by atoms with E-state index in [2.05, 4.69) is 10.6 Å². The number of hydrogen-bond donors (Lipinski definition) is 5. The van der Waals surface area contributed by atoms with E-state index in [0.717, 1.165) is 51.6 Å². The summed E-state index contributed by atoms with van der Waals surface area (Å²) in [5.41, 5.74) is -4.85. The van der Waals surface area contributed by atoms with Crippen LogP contribution in [0.4, 0.5) is 0 Å². The molecule has 8 rings (SSSR count). The van der Waals surface area contributed by atoms with Crippen molar-refractivity contribution in [3.63, 3.8) is 0 Å². The lowest BCUT2D eigenvalue weighted by atomic mass is 9.63. The summed E-state index contributed by atoms with van der Waals surface area (Å²) >= 11 is 11.5. The second-order valence-electron chi connectivity index (χ2n) is 15.4. The van der Waals surface area contributed by atoms with Crippen molar-refractivity contribution in [2.24, 2.45) is 23.7 Å². The quantitative estimate of drug-likeness (QED) is 0.105.